The number of esters is 1. The van der Waals surface area contributed by atoms with Gasteiger partial charge in [0.25, 0.3) is 0 Å². The van der Waals surface area contributed by atoms with Crippen LogP contribution in [-0.4, -0.2) is 58.6 Å². The molecular formula is C35H36F2N6O3S. The van der Waals surface area contributed by atoms with Crippen LogP contribution in [0.15, 0.2) is 65.1 Å². The van der Waals surface area contributed by atoms with E-state index in [1.807, 2.05) is 43.2 Å². The number of carbonyl (C=O) groups is 1. The van der Waals surface area contributed by atoms with Gasteiger partial charge >= 0.3 is 5.97 Å². The number of nitrogens with one attached hydrogen (secondary N) is 1. The van der Waals surface area contributed by atoms with E-state index in [1.54, 1.807) is 42.5 Å². The first-order chi connectivity index (χ1) is 22.5. The van der Waals surface area contributed by atoms with E-state index >= 15 is 4.39 Å². The summed E-state index contributed by atoms with van der Waals surface area (Å²) in [5.74, 6) is -2.11. The minimum atomic E-state index is -1.82. The van der Waals surface area contributed by atoms with Crippen molar-refractivity contribution in [2.75, 3.05) is 26.3 Å². The molecule has 2 heterocycles. The Hall–Kier alpha value is -4.70. The van der Waals surface area contributed by atoms with E-state index in [1.165, 1.54) is 17.4 Å². The minimum absolute atomic E-state index is 0.0549. The smallest absolute Gasteiger partial charge is 0.325 e. The van der Waals surface area contributed by atoms with Gasteiger partial charge in [-0.15, -0.1) is 11.3 Å². The number of hydrazone groups is 1. The molecule has 0 saturated heterocycles. The number of nitriles is 1. The number of benzene rings is 3. The van der Waals surface area contributed by atoms with Crippen molar-refractivity contribution >= 4 is 23.6 Å². The molecule has 0 aliphatic carbocycles. The van der Waals surface area contributed by atoms with E-state index in [9.17, 15) is 14.3 Å². The molecule has 2 N–H and O–H groups in total. The van der Waals surface area contributed by atoms with Gasteiger partial charge in [-0.2, -0.15) is 10.4 Å². The topological polar surface area (TPSA) is 114 Å². The lowest BCUT2D eigenvalue weighted by atomic mass is 9.81. The molecule has 0 radical (unpaired) electrons. The molecule has 1 aromatic heterocycles. The lowest BCUT2D eigenvalue weighted by molar-refractivity contribution is -0.133. The molecule has 244 valence electrons. The van der Waals surface area contributed by atoms with Crippen LogP contribution in [0.3, 0.4) is 0 Å². The molecule has 0 fully saturated rings. The summed E-state index contributed by atoms with van der Waals surface area (Å²) in [6.45, 7) is 8.97. The number of ether oxygens (including phenoxy) is 1. The van der Waals surface area contributed by atoms with Crippen molar-refractivity contribution in [1.82, 2.24) is 20.2 Å². The molecule has 0 spiro atoms. The highest BCUT2D eigenvalue weighted by Gasteiger charge is 2.43. The van der Waals surface area contributed by atoms with Gasteiger partial charge in [-0.25, -0.2) is 13.8 Å². The normalized spacial score (nSPS) is 14.6. The number of aromatic nitrogens is 1. The van der Waals surface area contributed by atoms with E-state index in [0.717, 1.165) is 34.4 Å². The zero-order valence-corrected chi connectivity index (χ0v) is 27.4. The van der Waals surface area contributed by atoms with Crippen LogP contribution in [-0.2, 0) is 16.9 Å². The Morgan fingerprint density at radius 1 is 1.17 bits per heavy atom. The summed E-state index contributed by atoms with van der Waals surface area (Å²) in [7, 11) is 0. The number of hydrogen-bond donors (Lipinski definition) is 2. The molecule has 1 aliphatic rings. The fourth-order valence-electron chi connectivity index (χ4n) is 5.63. The largest absolute Gasteiger partial charge is 0.425 e. The van der Waals surface area contributed by atoms with Gasteiger partial charge < -0.3 is 20.1 Å². The van der Waals surface area contributed by atoms with Crippen LogP contribution in [0.25, 0.3) is 11.3 Å². The quantitative estimate of drug-likeness (QED) is 0.145. The van der Waals surface area contributed by atoms with Crippen molar-refractivity contribution in [2.24, 2.45) is 5.10 Å². The van der Waals surface area contributed by atoms with Crippen LogP contribution < -0.4 is 10.1 Å². The second-order valence-corrected chi connectivity index (χ2v) is 12.5. The molecule has 5 rings (SSSR count). The molecule has 4 aromatic rings. The molecule has 0 unspecified atom stereocenters. The average molecular weight is 659 g/mol. The van der Waals surface area contributed by atoms with Crippen molar-refractivity contribution < 1.29 is 23.4 Å². The Kier molecular flexibility index (Phi) is 10.3. The fraction of sp³-hybridized carbons (Fsp3) is 0.314. The molecule has 12 heteroatoms. The first kappa shape index (κ1) is 33.7. The summed E-state index contributed by atoms with van der Waals surface area (Å²) in [5, 5.41) is 32.9. The first-order valence-electron chi connectivity index (χ1n) is 15.2. The highest BCUT2D eigenvalue weighted by molar-refractivity contribution is 7.10. The van der Waals surface area contributed by atoms with Gasteiger partial charge in [-0.1, -0.05) is 44.2 Å². The van der Waals surface area contributed by atoms with E-state index < -0.39 is 23.2 Å². The van der Waals surface area contributed by atoms with Gasteiger partial charge in [0, 0.05) is 35.0 Å². The van der Waals surface area contributed by atoms with E-state index in [-0.39, 0.29) is 24.6 Å². The summed E-state index contributed by atoms with van der Waals surface area (Å²) in [6.07, 6.45) is 1.66. The van der Waals surface area contributed by atoms with Gasteiger partial charge in [-0.3, -0.25) is 9.80 Å². The SMILES string of the molecule is CCNCC(=O)Oc1c(C)cc(CN2C=NN(C[C@](O)(c3ccc(F)cc3F)[C@@H](C)c3nc(-c4ccc(C#N)cc4)cs3)C2)cc1C. The first-order valence-corrected chi connectivity index (χ1v) is 16.1. The van der Waals surface area contributed by atoms with Crippen LogP contribution in [0.2, 0.25) is 0 Å². The number of aryl methyl sites for hydroxylation is 2. The minimum Gasteiger partial charge on any atom is -0.425 e. The summed E-state index contributed by atoms with van der Waals surface area (Å²) in [4.78, 5) is 18.9. The number of likely N-dealkylation sites (N-methyl/N-ethyl adjacent to an activating group) is 1. The number of hydrogen-bond acceptors (Lipinski definition) is 10. The molecule has 1 aliphatic heterocycles. The van der Waals surface area contributed by atoms with Gasteiger partial charge in [0.05, 0.1) is 35.4 Å². The van der Waals surface area contributed by atoms with Crippen LogP contribution in [0.4, 0.5) is 8.78 Å². The average Bonchev–Trinajstić information content (AvgIpc) is 3.71. The number of rotatable bonds is 12. The summed E-state index contributed by atoms with van der Waals surface area (Å²) >= 11 is 1.33. The number of carbonyl (C=O) groups excluding carboxylic acids is 1. The zero-order valence-electron chi connectivity index (χ0n) is 26.6. The lowest BCUT2D eigenvalue weighted by Gasteiger charge is -2.36. The van der Waals surface area contributed by atoms with E-state index in [0.29, 0.717) is 41.8 Å². The Bertz CT molecular complexity index is 1800. The Morgan fingerprint density at radius 2 is 1.89 bits per heavy atom. The second kappa shape index (κ2) is 14.4. The third-order valence-electron chi connectivity index (χ3n) is 8.10. The fourth-order valence-corrected chi connectivity index (χ4v) is 6.60. The van der Waals surface area contributed by atoms with Crippen LogP contribution in [0, 0.1) is 36.8 Å². The third-order valence-corrected chi connectivity index (χ3v) is 9.13. The van der Waals surface area contributed by atoms with Gasteiger partial charge in [0.15, 0.2) is 0 Å². The van der Waals surface area contributed by atoms with Crippen molar-refractivity contribution in [3.8, 4) is 23.1 Å². The van der Waals surface area contributed by atoms with Crippen molar-refractivity contribution in [3.05, 3.63) is 104 Å². The molecule has 9 nitrogen and oxygen atoms in total. The monoisotopic (exact) mass is 658 g/mol. The van der Waals surface area contributed by atoms with E-state index in [2.05, 4.69) is 16.5 Å². The Morgan fingerprint density at radius 3 is 2.55 bits per heavy atom. The van der Waals surface area contributed by atoms with Crippen molar-refractivity contribution in [2.45, 2.75) is 45.8 Å². The van der Waals surface area contributed by atoms with Gasteiger partial charge in [0.1, 0.15) is 36.0 Å². The third kappa shape index (κ3) is 7.65. The maximum atomic E-state index is 15.3. The molecule has 3 aromatic carbocycles. The molecule has 0 amide bonds. The number of β-amino-alcohol motifs (C(OH)–C–C–N with tert-alkyl or cyclic N) is 1. The number of halogens is 2. The number of nitrogens with zero attached hydrogens (tertiary/aromatic N) is 5. The lowest BCUT2D eigenvalue weighted by Crippen LogP contribution is -2.44. The molecule has 0 saturated carbocycles. The Labute approximate surface area is 276 Å². The summed E-state index contributed by atoms with van der Waals surface area (Å²) in [5.41, 5.74) is 2.76. The van der Waals surface area contributed by atoms with Crippen LogP contribution in [0.1, 0.15) is 52.6 Å². The molecule has 0 bridgehead atoms. The van der Waals surface area contributed by atoms with Crippen molar-refractivity contribution in [3.63, 3.8) is 0 Å². The maximum absolute atomic E-state index is 15.3. The molecule has 47 heavy (non-hydrogen) atoms. The zero-order chi connectivity index (χ0) is 33.7. The highest BCUT2D eigenvalue weighted by atomic mass is 32.1. The van der Waals surface area contributed by atoms with E-state index in [4.69, 9.17) is 15.0 Å². The highest BCUT2D eigenvalue weighted by Crippen LogP contribution is 2.41. The van der Waals surface area contributed by atoms with Crippen molar-refractivity contribution in [1.29, 1.82) is 5.26 Å². The summed E-state index contributed by atoms with van der Waals surface area (Å²) in [6, 6.07) is 16.2. The maximum Gasteiger partial charge on any atom is 0.325 e. The molecular weight excluding hydrogens is 622 g/mol. The molecule has 2 atom stereocenters. The van der Waals surface area contributed by atoms with Gasteiger partial charge in [-0.05, 0) is 55.3 Å². The number of thiazole rings is 1. The van der Waals surface area contributed by atoms with Crippen LogP contribution >= 0.6 is 11.3 Å². The standard InChI is InChI=1S/C35H36F2N6O3S/c1-5-39-16-32(44)46-33-22(2)12-26(13-23(33)3)17-42-20-40-43(21-42)19-35(45,29-11-10-28(36)14-30(29)37)24(4)34-41-31(18-47-34)27-8-6-25(15-38)7-9-27/h6-14,18,20,24,39,45H,5,16-17,19,21H2,1-4H3/t24-,35+/m0/s1. The van der Waals surface area contributed by atoms with Crippen LogP contribution in [0.5, 0.6) is 5.75 Å². The Balaban J connectivity index is 1.33. The predicted octanol–water partition coefficient (Wildman–Crippen LogP) is 5.80. The summed E-state index contributed by atoms with van der Waals surface area (Å²) < 4.78 is 34.8. The second-order valence-electron chi connectivity index (χ2n) is 11.6. The van der Waals surface area contributed by atoms with Gasteiger partial charge in [0.2, 0.25) is 0 Å². The predicted molar refractivity (Wildman–Crippen MR) is 177 cm³/mol. The number of aliphatic hydroxyl groups is 1.